The molecule has 0 aliphatic heterocycles. The smallest absolute Gasteiger partial charge is 0.0654 e. The zero-order valence-corrected chi connectivity index (χ0v) is 69.4. The molecule has 0 heterocycles. The van der Waals surface area contributed by atoms with Gasteiger partial charge in [-0.15, -0.1) is 0 Å². The Hall–Kier alpha value is 0.259. The normalized spacial score (nSPS) is 11.7. The van der Waals surface area contributed by atoms with Gasteiger partial charge in [0.05, 0.1) is 0 Å². The van der Waals surface area contributed by atoms with Crippen molar-refractivity contribution in [2.45, 2.75) is 482 Å². The van der Waals surface area contributed by atoms with Gasteiger partial charge >= 0.3 is 341 Å². The summed E-state index contributed by atoms with van der Waals surface area (Å²) in [7, 11) is 0. The topological polar surface area (TPSA) is 78.9 Å². The molecule has 0 N–H and O–H groups in total. The van der Waals surface area contributed by atoms with Crippen molar-refractivity contribution in [3.63, 3.8) is 0 Å². The van der Waals surface area contributed by atoms with Crippen LogP contribution in [0, 0.1) is 0 Å². The van der Waals surface area contributed by atoms with Crippen LogP contribution in [0.4, 0.5) is 0 Å². The van der Waals surface area contributed by atoms with E-state index in [0.717, 1.165) is 55.8 Å². The molecule has 10 heteroatoms. The van der Waals surface area contributed by atoms with Gasteiger partial charge in [0.2, 0.25) is 0 Å². The van der Waals surface area contributed by atoms with Crippen LogP contribution in [-0.4, -0.2) is 72.0 Å². The van der Waals surface area contributed by atoms with Crippen molar-refractivity contribution in [1.82, 2.24) is 0 Å². The summed E-state index contributed by atoms with van der Waals surface area (Å²) in [5, 5.41) is 0. The van der Waals surface area contributed by atoms with Crippen LogP contribution in [0.1, 0.15) is 477 Å². The molecule has 0 aromatic carbocycles. The molecule has 6 nitrogen and oxygen atoms in total. The van der Waals surface area contributed by atoms with Crippen LogP contribution in [0.2, 0.25) is 4.44 Å². The molecule has 0 aliphatic rings. The Labute approximate surface area is 607 Å². The van der Waals surface area contributed by atoms with Crippen molar-refractivity contribution in [3.8, 4) is 0 Å². The van der Waals surface area contributed by atoms with Crippen LogP contribution in [0.25, 0.3) is 0 Å². The van der Waals surface area contributed by atoms with Gasteiger partial charge in [0.25, 0.3) is 0 Å². The first-order valence-electron chi connectivity index (χ1n) is 42.8. The fourth-order valence-corrected chi connectivity index (χ4v) is 23.5. The second-order valence-electron chi connectivity index (χ2n) is 29.3. The Kier molecular flexibility index (Phi) is 82.4. The van der Waals surface area contributed by atoms with E-state index in [1.807, 2.05) is 0 Å². The Balaban J connectivity index is 5.06. The zero-order chi connectivity index (χ0) is 67.9. The van der Waals surface area contributed by atoms with Gasteiger partial charge in [0, 0.05) is 0 Å². The molecule has 0 fully saturated rings. The van der Waals surface area contributed by atoms with E-state index >= 15 is 0 Å². The number of carbonyl (C=O) groups is 3. The minimum absolute atomic E-state index is 0.202. The number of hydrogen-bond acceptors (Lipinski definition) is 9. The van der Waals surface area contributed by atoms with Crippen molar-refractivity contribution in [1.29, 1.82) is 0 Å². The van der Waals surface area contributed by atoms with Crippen LogP contribution < -0.4 is 0 Å². The second-order valence-corrected chi connectivity index (χ2v) is 39.7. The quantitative estimate of drug-likeness (QED) is 0.0437. The van der Waals surface area contributed by atoms with Crippen LogP contribution in [-0.2, 0) is 23.6 Å². The van der Waals surface area contributed by atoms with E-state index in [1.54, 1.807) is 35.3 Å². The Morgan fingerprint density at radius 2 is 0.319 bits per heavy atom. The average Bonchev–Trinajstić information content (AvgIpc) is 1.16. The molecule has 560 valence electrons. The third-order valence-electron chi connectivity index (χ3n) is 19.7. The molecule has 0 amide bonds. The zero-order valence-electron chi connectivity index (χ0n) is 64.1. The maximum absolute atomic E-state index is 13.9. The molecule has 0 unspecified atom stereocenters. The van der Waals surface area contributed by atoms with E-state index < -0.39 is 19.6 Å². The first kappa shape index (κ1) is 94.3. The van der Waals surface area contributed by atoms with Gasteiger partial charge in [-0.3, -0.25) is 0 Å². The number of hydrogen-bond donors (Lipinski definition) is 0. The van der Waals surface area contributed by atoms with Gasteiger partial charge in [0.15, 0.2) is 0 Å². The summed E-state index contributed by atoms with van der Waals surface area (Å²) in [4.78, 5) is 41.6. The predicted molar refractivity (Wildman–Crippen MR) is 427 cm³/mol. The third-order valence-corrected chi connectivity index (χ3v) is 30.2. The van der Waals surface area contributed by atoms with E-state index in [4.69, 9.17) is 9.22 Å². The molecule has 0 saturated carbocycles. The van der Waals surface area contributed by atoms with Crippen molar-refractivity contribution >= 4 is 72.8 Å². The second kappa shape index (κ2) is 82.2. The molecule has 0 spiro atoms. The van der Waals surface area contributed by atoms with Gasteiger partial charge in [-0.2, -0.15) is 0 Å². The van der Waals surface area contributed by atoms with Gasteiger partial charge in [0.1, 0.15) is 0 Å². The Bertz CT molecular complexity index is 1340. The average molecular weight is 1490 g/mol. The fourth-order valence-electron chi connectivity index (χ4n) is 13.5. The number of rotatable bonds is 83. The molecule has 0 saturated heterocycles. The monoisotopic (exact) mass is 1490 g/mol. The van der Waals surface area contributed by atoms with Gasteiger partial charge in [-0.1, -0.05) is 271 Å². The fraction of sp³-hybridized carbons (Fsp3) is 0.964. The van der Waals surface area contributed by atoms with Crippen LogP contribution in [0.15, 0.2) is 0 Å². The molecule has 0 bridgehead atoms. The van der Waals surface area contributed by atoms with E-state index in [-0.39, 0.29) is 35.2 Å². The summed E-state index contributed by atoms with van der Waals surface area (Å²) < 4.78 is 19.5. The first-order valence-corrected chi connectivity index (χ1v) is 51.8. The molecule has 0 atom stereocenters. The minimum Gasteiger partial charge on any atom is -0.0654 e. The summed E-state index contributed by atoms with van der Waals surface area (Å²) in [5.74, 6) is 2.18. The first-order chi connectivity index (χ1) is 46.4. The van der Waals surface area contributed by atoms with Gasteiger partial charge in [-0.05, 0) is 0 Å². The number of carbonyl (C=O) groups excluding carboxylic acids is 3. The summed E-state index contributed by atoms with van der Waals surface area (Å²) in [6.45, 7) is 9.17. The predicted octanol–water partition coefficient (Wildman–Crippen LogP) is 30.1. The molecule has 94 heavy (non-hydrogen) atoms. The van der Waals surface area contributed by atoms with E-state index in [9.17, 15) is 14.4 Å². The van der Waals surface area contributed by atoms with Crippen molar-refractivity contribution < 1.29 is 23.6 Å². The van der Waals surface area contributed by atoms with Gasteiger partial charge < -0.3 is 0 Å². The molecule has 0 aromatic heterocycles. The van der Waals surface area contributed by atoms with Crippen molar-refractivity contribution in [2.24, 2.45) is 0 Å². The van der Waals surface area contributed by atoms with Crippen LogP contribution in [0.3, 0.4) is 0 Å². The van der Waals surface area contributed by atoms with Crippen LogP contribution >= 0.6 is 35.3 Å². The summed E-state index contributed by atoms with van der Waals surface area (Å²) in [6.07, 6.45) is 93.7. The molecule has 0 radical (unpaired) electrons. The number of thioether (sulfide) groups is 3. The number of unbranched alkanes of at least 4 members (excludes halogenated alkanes) is 66. The standard InChI is InChI=1S/3C24H48O2S.C12H25.Sn/c3*1-2-3-4-5-6-7-8-9-10-11-12-13-14-15-16-17-18-19-20-21-22-27-23-24(25)26;1-3-5-7-9-11-12-10-8-6-4-2;/h3*2-23H2,1H3,(H,25,26);1,3-12H2,2H3;/q;;;;+3/p-3. The third kappa shape index (κ3) is 76.4. The van der Waals surface area contributed by atoms with E-state index in [2.05, 4.69) is 27.7 Å². The molecular formula is C84H166O6S3Sn. The SMILES string of the molecule is CCCCCCCCCCCCCCCCCCCCCCSCC(=O)[O][Sn]([CH2]CCCCCCCCCCC)([O]C(=O)CSCCCCCCCCCCCCCCCCCCCCCC)[O]C(=O)CSCCCCCCCCCCCCCCCCCCCCCC. The minimum atomic E-state index is -5.04. The van der Waals surface area contributed by atoms with E-state index in [1.165, 1.54) is 411 Å². The molecule has 0 rings (SSSR count). The molecule has 0 aliphatic carbocycles. The van der Waals surface area contributed by atoms with Crippen LogP contribution in [0.5, 0.6) is 0 Å². The van der Waals surface area contributed by atoms with Gasteiger partial charge in [-0.25, -0.2) is 0 Å². The van der Waals surface area contributed by atoms with Crippen molar-refractivity contribution in [3.05, 3.63) is 0 Å². The maximum atomic E-state index is 13.9. The Morgan fingerprint density at radius 1 is 0.191 bits per heavy atom. The molecular weight excluding hydrogens is 1320 g/mol. The molecule has 0 aromatic rings. The summed E-state index contributed by atoms with van der Waals surface area (Å²) in [6, 6.07) is 0. The Morgan fingerprint density at radius 3 is 0.468 bits per heavy atom. The summed E-state index contributed by atoms with van der Waals surface area (Å²) >= 11 is -0.192. The summed E-state index contributed by atoms with van der Waals surface area (Å²) in [5.41, 5.74) is 0. The van der Waals surface area contributed by atoms with Crippen molar-refractivity contribution in [2.75, 3.05) is 34.5 Å². The van der Waals surface area contributed by atoms with E-state index in [0.29, 0.717) is 4.44 Å².